The summed E-state index contributed by atoms with van der Waals surface area (Å²) in [6.45, 7) is -1.26. The number of nitrogens with one attached hydrogen (secondary N) is 1. The first-order valence-electron chi connectivity index (χ1n) is 9.02. The molecule has 0 saturated heterocycles. The number of aliphatic hydroxyl groups is 1. The summed E-state index contributed by atoms with van der Waals surface area (Å²) in [6, 6.07) is -0.381. The largest absolute Gasteiger partial charge is 0.480 e. The van der Waals surface area contributed by atoms with Crippen molar-refractivity contribution in [2.24, 2.45) is 0 Å². The third-order valence-corrected chi connectivity index (χ3v) is 4.79. The maximum atomic E-state index is 12.2. The Balaban J connectivity index is 1.89. The molecule has 1 saturated carbocycles. The number of pyridine rings is 1. The van der Waals surface area contributed by atoms with Gasteiger partial charge < -0.3 is 19.9 Å². The van der Waals surface area contributed by atoms with Gasteiger partial charge in [0.1, 0.15) is 0 Å². The van der Waals surface area contributed by atoms with E-state index in [0.717, 1.165) is 36.8 Å². The number of hydrogen-bond acceptors (Lipinski definition) is 7. The quantitative estimate of drug-likeness (QED) is 0.761. The minimum absolute atomic E-state index is 0.161. The zero-order valence-electron chi connectivity index (χ0n) is 15.4. The van der Waals surface area contributed by atoms with Crippen LogP contribution in [0, 0.1) is 0 Å². The predicted molar refractivity (Wildman–Crippen MR) is 96.1 cm³/mol. The summed E-state index contributed by atoms with van der Waals surface area (Å²) in [5, 5.41) is 13.4. The van der Waals surface area contributed by atoms with Gasteiger partial charge in [-0.25, -0.2) is 15.0 Å². The summed E-state index contributed by atoms with van der Waals surface area (Å²) in [5.41, 5.74) is 1.71. The normalized spacial score (nSPS) is 21.4. The molecule has 0 unspecified atom stereocenters. The first kappa shape index (κ1) is 19.6. The van der Waals surface area contributed by atoms with E-state index >= 15 is 0 Å². The van der Waals surface area contributed by atoms with E-state index in [1.54, 1.807) is 19.3 Å². The molecule has 148 valence electrons. The van der Waals surface area contributed by atoms with Gasteiger partial charge in [0.15, 0.2) is 0 Å². The number of ether oxygens (including phenoxy) is 2. The Morgan fingerprint density at radius 1 is 1.22 bits per heavy atom. The van der Waals surface area contributed by atoms with Crippen LogP contribution in [-0.2, 0) is 4.74 Å². The molecule has 1 aliphatic rings. The van der Waals surface area contributed by atoms with Crippen LogP contribution < -0.4 is 10.1 Å². The fraction of sp³-hybridized carbons (Fsp3) is 0.611. The van der Waals surface area contributed by atoms with Crippen molar-refractivity contribution in [2.75, 3.05) is 19.0 Å². The van der Waals surface area contributed by atoms with Gasteiger partial charge in [-0.3, -0.25) is 0 Å². The third kappa shape index (κ3) is 4.78. The Hall–Kier alpha value is -2.13. The van der Waals surface area contributed by atoms with Gasteiger partial charge in [-0.2, -0.15) is 8.78 Å². The first-order chi connectivity index (χ1) is 13.0. The summed E-state index contributed by atoms with van der Waals surface area (Å²) >= 11 is 0. The summed E-state index contributed by atoms with van der Waals surface area (Å²) in [6.07, 6.45) is 6.35. The predicted octanol–water partition coefficient (Wildman–Crippen LogP) is 3.09. The molecular weight excluding hydrogens is 358 g/mol. The standard InChI is InChI=1S/C18H24F2N4O3/c1-10(9-27-17(19)20)23-18-22-8-14-15(24-18)13(7-21-16(14)26-2)11-3-5-12(25)6-4-11/h7-8,10-12,17,25H,3-6,9H2,1-2H3,(H,22,23,24)/t10-,11-,12-/m0/s1. The Bertz CT molecular complexity index is 770. The highest BCUT2D eigenvalue weighted by Crippen LogP contribution is 2.37. The Kier molecular flexibility index (Phi) is 6.33. The molecule has 0 aromatic carbocycles. The molecule has 0 radical (unpaired) electrons. The van der Waals surface area contributed by atoms with Crippen molar-refractivity contribution >= 4 is 16.9 Å². The molecule has 0 aliphatic heterocycles. The SMILES string of the molecule is COc1ncc([C@H]2CC[C@H](O)CC2)c2nc(N[C@@H](C)COC(F)F)ncc12. The number of aromatic nitrogens is 3. The molecule has 2 aromatic heterocycles. The topological polar surface area (TPSA) is 89.4 Å². The molecule has 2 N–H and O–H groups in total. The highest BCUT2D eigenvalue weighted by Gasteiger charge is 2.24. The van der Waals surface area contributed by atoms with E-state index in [9.17, 15) is 13.9 Å². The number of nitrogens with zero attached hydrogens (tertiary/aromatic N) is 3. The number of alkyl halides is 2. The molecule has 3 rings (SSSR count). The van der Waals surface area contributed by atoms with Crippen LogP contribution in [0.3, 0.4) is 0 Å². The van der Waals surface area contributed by atoms with Gasteiger partial charge in [0.05, 0.1) is 30.7 Å². The lowest BCUT2D eigenvalue weighted by atomic mass is 9.83. The van der Waals surface area contributed by atoms with Crippen molar-refractivity contribution in [1.29, 1.82) is 0 Å². The number of aliphatic hydroxyl groups excluding tert-OH is 1. The van der Waals surface area contributed by atoms with Gasteiger partial charge in [0.2, 0.25) is 11.8 Å². The van der Waals surface area contributed by atoms with Gasteiger partial charge in [-0.15, -0.1) is 0 Å². The van der Waals surface area contributed by atoms with Crippen molar-refractivity contribution in [3.63, 3.8) is 0 Å². The maximum absolute atomic E-state index is 12.2. The van der Waals surface area contributed by atoms with Crippen molar-refractivity contribution < 1.29 is 23.4 Å². The molecule has 2 aromatic rings. The molecule has 1 fully saturated rings. The average Bonchev–Trinajstić information content (AvgIpc) is 2.66. The van der Waals surface area contributed by atoms with Gasteiger partial charge in [-0.1, -0.05) is 0 Å². The molecule has 27 heavy (non-hydrogen) atoms. The fourth-order valence-electron chi connectivity index (χ4n) is 3.41. The zero-order valence-corrected chi connectivity index (χ0v) is 15.4. The van der Waals surface area contributed by atoms with Crippen LogP contribution in [0.1, 0.15) is 44.1 Å². The number of hydrogen-bond donors (Lipinski definition) is 2. The number of fused-ring (bicyclic) bond motifs is 1. The summed E-state index contributed by atoms with van der Waals surface area (Å²) < 4.78 is 34.0. The maximum Gasteiger partial charge on any atom is 0.345 e. The van der Waals surface area contributed by atoms with Crippen LogP contribution in [0.25, 0.3) is 10.9 Å². The second kappa shape index (κ2) is 8.71. The molecule has 7 nitrogen and oxygen atoms in total. The number of halogens is 2. The van der Waals surface area contributed by atoms with Crippen LogP contribution in [0.15, 0.2) is 12.4 Å². The molecule has 0 amide bonds. The third-order valence-electron chi connectivity index (χ3n) is 4.79. The second-order valence-electron chi connectivity index (χ2n) is 6.82. The smallest absolute Gasteiger partial charge is 0.345 e. The van der Waals surface area contributed by atoms with Crippen LogP contribution in [-0.4, -0.2) is 52.5 Å². The van der Waals surface area contributed by atoms with E-state index in [0.29, 0.717) is 17.2 Å². The summed E-state index contributed by atoms with van der Waals surface area (Å²) in [7, 11) is 1.54. The van der Waals surface area contributed by atoms with E-state index in [1.807, 2.05) is 0 Å². The monoisotopic (exact) mass is 382 g/mol. The van der Waals surface area contributed by atoms with Crippen LogP contribution >= 0.6 is 0 Å². The van der Waals surface area contributed by atoms with Gasteiger partial charge in [0, 0.05) is 24.0 Å². The number of methoxy groups -OCH3 is 1. The lowest BCUT2D eigenvalue weighted by Gasteiger charge is -2.26. The van der Waals surface area contributed by atoms with Crippen LogP contribution in [0.5, 0.6) is 5.88 Å². The van der Waals surface area contributed by atoms with Gasteiger partial charge in [0.25, 0.3) is 0 Å². The molecule has 2 heterocycles. The minimum Gasteiger partial charge on any atom is -0.480 e. The van der Waals surface area contributed by atoms with E-state index in [1.165, 1.54) is 7.11 Å². The van der Waals surface area contributed by atoms with E-state index in [-0.39, 0.29) is 24.7 Å². The molecule has 0 bridgehead atoms. The van der Waals surface area contributed by atoms with Crippen molar-refractivity contribution in [3.8, 4) is 5.88 Å². The summed E-state index contributed by atoms with van der Waals surface area (Å²) in [4.78, 5) is 13.2. The first-order valence-corrected chi connectivity index (χ1v) is 9.02. The van der Waals surface area contributed by atoms with E-state index in [2.05, 4.69) is 25.0 Å². The lowest BCUT2D eigenvalue weighted by Crippen LogP contribution is -2.24. The summed E-state index contributed by atoms with van der Waals surface area (Å²) in [5.74, 6) is 1.01. The minimum atomic E-state index is -2.81. The average molecular weight is 382 g/mol. The molecule has 1 atom stereocenters. The molecule has 9 heteroatoms. The Morgan fingerprint density at radius 2 is 1.96 bits per heavy atom. The number of rotatable bonds is 7. The van der Waals surface area contributed by atoms with E-state index < -0.39 is 6.61 Å². The fourth-order valence-corrected chi connectivity index (χ4v) is 3.41. The van der Waals surface area contributed by atoms with Crippen molar-refractivity contribution in [1.82, 2.24) is 15.0 Å². The highest BCUT2D eigenvalue weighted by molar-refractivity contribution is 5.86. The molecule has 1 aliphatic carbocycles. The Morgan fingerprint density at radius 3 is 2.63 bits per heavy atom. The van der Waals surface area contributed by atoms with Gasteiger partial charge in [-0.05, 0) is 38.5 Å². The van der Waals surface area contributed by atoms with Gasteiger partial charge >= 0.3 is 6.61 Å². The van der Waals surface area contributed by atoms with Crippen LogP contribution in [0.4, 0.5) is 14.7 Å². The number of anilines is 1. The molecule has 0 spiro atoms. The highest BCUT2D eigenvalue weighted by atomic mass is 19.3. The van der Waals surface area contributed by atoms with E-state index in [4.69, 9.17) is 4.74 Å². The van der Waals surface area contributed by atoms with Crippen molar-refractivity contribution in [3.05, 3.63) is 18.0 Å². The lowest BCUT2D eigenvalue weighted by molar-refractivity contribution is -0.130. The molecular formula is C18H24F2N4O3. The zero-order chi connectivity index (χ0) is 19.4. The Labute approximate surface area is 156 Å². The second-order valence-corrected chi connectivity index (χ2v) is 6.82. The van der Waals surface area contributed by atoms with Crippen LogP contribution in [0.2, 0.25) is 0 Å². The van der Waals surface area contributed by atoms with Crippen molar-refractivity contribution in [2.45, 2.75) is 57.3 Å².